The number of imidazole rings is 1. The van der Waals surface area contributed by atoms with Gasteiger partial charge in [-0.05, 0) is 40.1 Å². The number of nitrogens with zero attached hydrogens (tertiary/aromatic N) is 4. The molecule has 0 atom stereocenters. The van der Waals surface area contributed by atoms with Gasteiger partial charge in [0.1, 0.15) is 6.33 Å². The van der Waals surface area contributed by atoms with Gasteiger partial charge in [0.05, 0.1) is 0 Å². The molecule has 3 aromatic rings. The summed E-state index contributed by atoms with van der Waals surface area (Å²) >= 11 is 3.86. The van der Waals surface area contributed by atoms with E-state index in [9.17, 15) is 0 Å². The van der Waals surface area contributed by atoms with Crippen LogP contribution in [-0.2, 0) is 6.54 Å². The summed E-state index contributed by atoms with van der Waals surface area (Å²) in [5, 5.41) is 4.33. The molecule has 0 bridgehead atoms. The fourth-order valence-electron chi connectivity index (χ4n) is 2.94. The maximum Gasteiger partial charge on any atom is 0.231 e. The topological polar surface area (TPSA) is 100 Å². The number of fused-ring (bicyclic) bond motifs is 2. The number of hydrogen-bond acceptors (Lipinski definition) is 8. The molecule has 0 amide bonds. The molecule has 1 aromatic carbocycles. The van der Waals surface area contributed by atoms with E-state index in [0.29, 0.717) is 11.3 Å². The highest BCUT2D eigenvalue weighted by molar-refractivity contribution is 14.1. The van der Waals surface area contributed by atoms with Gasteiger partial charge in [-0.15, -0.1) is 0 Å². The fourth-order valence-corrected chi connectivity index (χ4v) is 4.66. The van der Waals surface area contributed by atoms with E-state index in [4.69, 9.17) is 20.2 Å². The van der Waals surface area contributed by atoms with Crippen molar-refractivity contribution >= 4 is 51.3 Å². The molecule has 1 aliphatic rings. The van der Waals surface area contributed by atoms with Crippen LogP contribution in [0.25, 0.3) is 11.2 Å². The molecule has 0 spiro atoms. The summed E-state index contributed by atoms with van der Waals surface area (Å²) in [6, 6.07) is 3.97. The van der Waals surface area contributed by atoms with Crippen molar-refractivity contribution in [1.29, 1.82) is 0 Å². The zero-order chi connectivity index (χ0) is 20.6. The van der Waals surface area contributed by atoms with Gasteiger partial charge in [-0.2, -0.15) is 0 Å². The van der Waals surface area contributed by atoms with Gasteiger partial charge in [0.25, 0.3) is 0 Å². The van der Waals surface area contributed by atoms with Gasteiger partial charge in [-0.3, -0.25) is 0 Å². The smallest absolute Gasteiger partial charge is 0.231 e. The Kier molecular flexibility index (Phi) is 5.76. The lowest BCUT2D eigenvalue weighted by Crippen LogP contribution is -2.29. The Morgan fingerprint density at radius 3 is 2.76 bits per heavy atom. The zero-order valence-corrected chi connectivity index (χ0v) is 19.5. The quantitative estimate of drug-likeness (QED) is 0.374. The SMILES string of the molecule is CC(C)(C)CNCCn1c(Sc2cc3c(cc2[124I])OCO3)nc2c(N)ncnc21. The monoisotopic (exact) mass is 523 g/mol. The molecule has 10 heteroatoms. The Morgan fingerprint density at radius 1 is 1.24 bits per heavy atom. The molecule has 0 saturated carbocycles. The van der Waals surface area contributed by atoms with Crippen LogP contribution in [0.1, 0.15) is 20.8 Å². The Labute approximate surface area is 187 Å². The molecule has 0 radical (unpaired) electrons. The van der Waals surface area contributed by atoms with Crippen LogP contribution in [0.15, 0.2) is 28.5 Å². The number of halogens is 1. The first-order valence-corrected chi connectivity index (χ1v) is 11.2. The first kappa shape index (κ1) is 20.5. The van der Waals surface area contributed by atoms with Gasteiger partial charge in [0.2, 0.25) is 6.79 Å². The number of nitrogens with two attached hydrogens (primary N) is 1. The van der Waals surface area contributed by atoms with Crippen molar-refractivity contribution in [3.8, 4) is 11.5 Å². The van der Waals surface area contributed by atoms with Crippen molar-refractivity contribution in [2.45, 2.75) is 37.4 Å². The molecule has 3 N–H and O–H groups in total. The highest BCUT2D eigenvalue weighted by Gasteiger charge is 2.21. The molecule has 8 nitrogen and oxygen atoms in total. The summed E-state index contributed by atoms with van der Waals surface area (Å²) in [7, 11) is 0. The van der Waals surface area contributed by atoms with Crippen LogP contribution in [0.4, 0.5) is 5.82 Å². The molecule has 0 unspecified atom stereocenters. The Balaban J connectivity index is 1.64. The molecule has 2 aromatic heterocycles. The average molecular weight is 523 g/mol. The maximum atomic E-state index is 6.06. The van der Waals surface area contributed by atoms with E-state index in [-0.39, 0.29) is 12.2 Å². The second-order valence-electron chi connectivity index (χ2n) is 7.95. The van der Waals surface area contributed by atoms with Crippen LogP contribution < -0.4 is 20.5 Å². The number of nitrogen functional groups attached to an aromatic ring is 1. The Bertz CT molecular complexity index is 1050. The van der Waals surface area contributed by atoms with E-state index in [1.807, 2.05) is 12.1 Å². The molecule has 4 rings (SSSR count). The highest BCUT2D eigenvalue weighted by atomic mass is 124. The Hall–Kier alpha value is -1.79. The number of nitrogens with one attached hydrogen (secondary N) is 1. The summed E-state index contributed by atoms with van der Waals surface area (Å²) in [5.41, 5.74) is 7.65. The van der Waals surface area contributed by atoms with E-state index < -0.39 is 0 Å². The van der Waals surface area contributed by atoms with Crippen LogP contribution in [0.5, 0.6) is 11.5 Å². The van der Waals surface area contributed by atoms with Gasteiger partial charge in [-0.1, -0.05) is 32.5 Å². The summed E-state index contributed by atoms with van der Waals surface area (Å²) < 4.78 is 14.2. The minimum Gasteiger partial charge on any atom is -0.454 e. The molecule has 1 aliphatic heterocycles. The van der Waals surface area contributed by atoms with Crippen LogP contribution in [-0.4, -0.2) is 39.4 Å². The molecule has 154 valence electrons. The van der Waals surface area contributed by atoms with E-state index in [0.717, 1.165) is 50.4 Å². The summed E-state index contributed by atoms with van der Waals surface area (Å²) in [4.78, 5) is 14.3. The minimum absolute atomic E-state index is 0.226. The number of benzene rings is 1. The maximum absolute atomic E-state index is 6.06. The number of aromatic nitrogens is 4. The van der Waals surface area contributed by atoms with Crippen LogP contribution in [0.2, 0.25) is 0 Å². The number of rotatable bonds is 6. The molecular formula is C19H23IN6O2S. The van der Waals surface area contributed by atoms with Crippen molar-refractivity contribution in [2.75, 3.05) is 25.6 Å². The molecule has 0 aliphatic carbocycles. The van der Waals surface area contributed by atoms with Crippen molar-refractivity contribution in [3.63, 3.8) is 0 Å². The zero-order valence-electron chi connectivity index (χ0n) is 16.5. The standard InChI is InChI=1S/C19H23IN6O2S/c1-19(2,3)8-22-4-5-26-17-15(16(21)23-9-24-17)25-18(26)29-14-7-13-12(6-11(14)20)27-10-28-13/h6-7,9,22H,4-5,8,10H2,1-3H3,(H2,21,23,24)/i20-3. The average Bonchev–Trinajstić information content (AvgIpc) is 3.23. The number of anilines is 1. The summed E-state index contributed by atoms with van der Waals surface area (Å²) in [6.45, 7) is 9.35. The van der Waals surface area contributed by atoms with E-state index in [1.54, 1.807) is 11.8 Å². The molecule has 0 fully saturated rings. The van der Waals surface area contributed by atoms with Crippen molar-refractivity contribution < 1.29 is 9.47 Å². The first-order chi connectivity index (χ1) is 13.8. The second kappa shape index (κ2) is 8.15. The lowest BCUT2D eigenvalue weighted by Gasteiger charge is -2.19. The van der Waals surface area contributed by atoms with Gasteiger partial charge >= 0.3 is 0 Å². The second-order valence-corrected chi connectivity index (χ2v) is 10.1. The fraction of sp³-hybridized carbons (Fsp3) is 0.421. The number of hydrogen-bond donors (Lipinski definition) is 2. The lowest BCUT2D eigenvalue weighted by atomic mass is 9.97. The molecule has 3 heterocycles. The van der Waals surface area contributed by atoms with Gasteiger partial charge in [-0.25, -0.2) is 15.0 Å². The molecule has 0 saturated heterocycles. The number of ether oxygens (including phenoxy) is 2. The lowest BCUT2D eigenvalue weighted by molar-refractivity contribution is 0.174. The third-order valence-electron chi connectivity index (χ3n) is 4.32. The van der Waals surface area contributed by atoms with E-state index >= 15 is 0 Å². The summed E-state index contributed by atoms with van der Waals surface area (Å²) in [6.07, 6.45) is 1.48. The Morgan fingerprint density at radius 2 is 2.00 bits per heavy atom. The van der Waals surface area contributed by atoms with Crippen molar-refractivity contribution in [1.82, 2.24) is 24.8 Å². The highest BCUT2D eigenvalue weighted by Crippen LogP contribution is 2.41. The van der Waals surface area contributed by atoms with Crippen LogP contribution >= 0.6 is 34.4 Å². The van der Waals surface area contributed by atoms with Crippen molar-refractivity contribution in [2.24, 2.45) is 5.41 Å². The predicted molar refractivity (Wildman–Crippen MR) is 121 cm³/mol. The van der Waals surface area contributed by atoms with Gasteiger partial charge in [0, 0.05) is 28.1 Å². The summed E-state index contributed by atoms with van der Waals surface area (Å²) in [5.74, 6) is 1.91. The third-order valence-corrected chi connectivity index (χ3v) is 6.63. The van der Waals surface area contributed by atoms with E-state index in [1.165, 1.54) is 6.33 Å². The van der Waals surface area contributed by atoms with Gasteiger partial charge in [0.15, 0.2) is 33.6 Å². The van der Waals surface area contributed by atoms with Crippen LogP contribution in [0, 0.1) is 8.99 Å². The van der Waals surface area contributed by atoms with Crippen molar-refractivity contribution in [3.05, 3.63) is 22.0 Å². The molecular weight excluding hydrogens is 500 g/mol. The normalized spacial score (nSPS) is 13.4. The minimum atomic E-state index is 0.226. The first-order valence-electron chi connectivity index (χ1n) is 9.26. The molecule has 29 heavy (non-hydrogen) atoms. The largest absolute Gasteiger partial charge is 0.454 e. The van der Waals surface area contributed by atoms with Gasteiger partial charge < -0.3 is 25.1 Å². The predicted octanol–water partition coefficient (Wildman–Crippen LogP) is 3.53. The van der Waals surface area contributed by atoms with Crippen LogP contribution in [0.3, 0.4) is 0 Å². The third kappa shape index (κ3) is 4.53. The van der Waals surface area contributed by atoms with E-state index in [2.05, 4.69) is 63.2 Å².